The van der Waals surface area contributed by atoms with Gasteiger partial charge in [0.1, 0.15) is 29.9 Å². The van der Waals surface area contributed by atoms with E-state index in [1.165, 1.54) is 0 Å². The Morgan fingerprint density at radius 2 is 1.38 bits per heavy atom. The maximum absolute atomic E-state index is 12.5. The van der Waals surface area contributed by atoms with E-state index in [-0.39, 0.29) is 31.1 Å². The van der Waals surface area contributed by atoms with Crippen LogP contribution in [0, 0.1) is 10.7 Å². The van der Waals surface area contributed by atoms with E-state index in [1.807, 2.05) is 120 Å². The number of hydrogen-bond donors (Lipinski definition) is 1. The Balaban J connectivity index is 0.000000263. The monoisotopic (exact) mass is 725 g/mol. The number of H-pyrrole nitrogens is 1. The highest BCUT2D eigenvalue weighted by molar-refractivity contribution is 7.99. The van der Waals surface area contributed by atoms with E-state index >= 15 is 0 Å². The Morgan fingerprint density at radius 3 is 2.00 bits per heavy atom. The maximum atomic E-state index is 12.5. The average molecular weight is 726 g/mol. The Bertz CT molecular complexity index is 1860. The van der Waals surface area contributed by atoms with Crippen LogP contribution in [0.25, 0.3) is 22.1 Å². The first-order chi connectivity index (χ1) is 23.3. The topological polar surface area (TPSA) is 121 Å². The highest BCUT2D eigenvalue weighted by Crippen LogP contribution is 2.29. The van der Waals surface area contributed by atoms with Crippen molar-refractivity contribution in [3.05, 3.63) is 53.3 Å². The number of aromatic amines is 1. The third-order valence-electron chi connectivity index (χ3n) is 7.33. The van der Waals surface area contributed by atoms with Crippen LogP contribution in [0.5, 0.6) is 0 Å². The lowest BCUT2D eigenvalue weighted by Crippen LogP contribution is -2.43. The first-order valence-electron chi connectivity index (χ1n) is 17.0. The number of para-hydroxylation sites is 4. The number of thioether (sulfide) groups is 1. The number of rotatable bonds is 7. The first kappa shape index (κ1) is 39.0. The summed E-state index contributed by atoms with van der Waals surface area (Å²) < 4.78 is 20.6. The Hall–Kier alpha value is -3.84. The van der Waals surface area contributed by atoms with Crippen molar-refractivity contribution in [3.8, 4) is 0 Å². The molecule has 4 aromatic rings. The van der Waals surface area contributed by atoms with Crippen molar-refractivity contribution in [3.63, 3.8) is 0 Å². The molecule has 2 aromatic heterocycles. The van der Waals surface area contributed by atoms with Crippen LogP contribution in [-0.2, 0) is 36.9 Å². The van der Waals surface area contributed by atoms with Crippen molar-refractivity contribution >= 4 is 64.1 Å². The van der Waals surface area contributed by atoms with Gasteiger partial charge in [-0.1, -0.05) is 36.0 Å². The molecule has 1 unspecified atom stereocenters. The van der Waals surface area contributed by atoms with Gasteiger partial charge < -0.3 is 33.2 Å². The number of nitrogens with one attached hydrogen (secondary N) is 1. The van der Waals surface area contributed by atoms with Gasteiger partial charge in [0, 0.05) is 18.8 Å². The lowest BCUT2D eigenvalue weighted by atomic mass is 10.0. The van der Waals surface area contributed by atoms with E-state index < -0.39 is 16.8 Å². The van der Waals surface area contributed by atoms with Crippen LogP contribution in [-0.4, -0.2) is 77.7 Å². The van der Waals surface area contributed by atoms with Gasteiger partial charge in [0.2, 0.25) is 0 Å². The van der Waals surface area contributed by atoms with Crippen LogP contribution >= 0.6 is 24.0 Å². The molecule has 1 N–H and O–H groups in total. The molecular weight excluding hydrogens is 675 g/mol. The fourth-order valence-electron chi connectivity index (χ4n) is 5.47. The number of carbonyl (C=O) groups excluding carboxylic acids is 3. The van der Waals surface area contributed by atoms with E-state index in [1.54, 1.807) is 16.3 Å². The minimum absolute atomic E-state index is 0.120. The quantitative estimate of drug-likeness (QED) is 0.0871. The molecule has 5 rings (SSSR count). The predicted molar refractivity (Wildman–Crippen MR) is 200 cm³/mol. The summed E-state index contributed by atoms with van der Waals surface area (Å²) in [4.78, 5) is 46.4. The van der Waals surface area contributed by atoms with E-state index in [2.05, 4.69) is 4.98 Å². The van der Waals surface area contributed by atoms with Crippen LogP contribution in [0.4, 0.5) is 4.79 Å². The lowest BCUT2D eigenvalue weighted by Gasteiger charge is -2.34. The van der Waals surface area contributed by atoms with E-state index in [9.17, 15) is 14.4 Å². The molecule has 0 aliphatic carbocycles. The summed E-state index contributed by atoms with van der Waals surface area (Å²) in [6.45, 7) is 18.4. The summed E-state index contributed by atoms with van der Waals surface area (Å²) >= 11 is 6.84. The minimum Gasteiger partial charge on any atom is -0.459 e. The number of aromatic nitrogens is 4. The number of benzene rings is 2. The number of hydrogen-bond acceptors (Lipinski definition) is 9. The van der Waals surface area contributed by atoms with Crippen LogP contribution in [0.15, 0.2) is 53.7 Å². The van der Waals surface area contributed by atoms with Crippen LogP contribution < -0.4 is 0 Å². The Morgan fingerprint density at radius 1 is 0.820 bits per heavy atom. The zero-order valence-electron chi connectivity index (χ0n) is 30.7. The lowest BCUT2D eigenvalue weighted by molar-refractivity contribution is -0.156. The molecule has 1 saturated heterocycles. The molecule has 0 radical (unpaired) electrons. The van der Waals surface area contributed by atoms with Crippen molar-refractivity contribution in [1.29, 1.82) is 0 Å². The fraction of sp³-hybridized carbons (Fsp3) is 0.541. The van der Waals surface area contributed by atoms with E-state index in [4.69, 9.17) is 31.4 Å². The molecule has 2 aromatic carbocycles. The number of fused-ring (bicyclic) bond motifs is 2. The van der Waals surface area contributed by atoms with Gasteiger partial charge in [-0.2, -0.15) is 0 Å². The number of nitrogens with zero attached hydrogens (tertiary/aromatic N) is 4. The molecule has 0 saturated carbocycles. The first-order valence-corrected chi connectivity index (χ1v) is 18.3. The predicted octanol–water partition coefficient (Wildman–Crippen LogP) is 8.16. The van der Waals surface area contributed by atoms with Crippen molar-refractivity contribution < 1.29 is 28.6 Å². The molecule has 1 aliphatic rings. The van der Waals surface area contributed by atoms with Crippen LogP contribution in [0.2, 0.25) is 0 Å². The molecule has 272 valence electrons. The molecule has 1 amide bonds. The van der Waals surface area contributed by atoms with Gasteiger partial charge in [-0.3, -0.25) is 9.59 Å². The van der Waals surface area contributed by atoms with E-state index in [0.29, 0.717) is 17.2 Å². The second-order valence-corrected chi connectivity index (χ2v) is 16.8. The molecule has 1 aliphatic heterocycles. The van der Waals surface area contributed by atoms with Gasteiger partial charge in [0.15, 0.2) is 9.93 Å². The highest BCUT2D eigenvalue weighted by atomic mass is 32.2. The SMILES string of the molecule is CC(C)(C)OC(=O)Cn1c(=S)[nH]c2ccccc21.CC(C)(C)OC(=O)Cn1c(SCC2CCCN(C(=O)OC(C)(C)C)C2)nc2ccccc21. The second kappa shape index (κ2) is 16.0. The smallest absolute Gasteiger partial charge is 0.410 e. The zero-order valence-corrected chi connectivity index (χ0v) is 32.3. The minimum atomic E-state index is -0.534. The molecule has 0 bridgehead atoms. The molecule has 1 fully saturated rings. The largest absolute Gasteiger partial charge is 0.459 e. The summed E-state index contributed by atoms with van der Waals surface area (Å²) in [5.74, 6) is 0.590. The Labute approximate surface area is 304 Å². The number of amides is 1. The summed E-state index contributed by atoms with van der Waals surface area (Å²) in [5.41, 5.74) is 2.10. The van der Waals surface area contributed by atoms with Crippen LogP contribution in [0.3, 0.4) is 0 Å². The highest BCUT2D eigenvalue weighted by Gasteiger charge is 2.28. The molecular formula is C37H51N5O6S2. The summed E-state index contributed by atoms with van der Waals surface area (Å²) in [6, 6.07) is 15.5. The third kappa shape index (κ3) is 11.6. The van der Waals surface area contributed by atoms with Gasteiger partial charge in [0.25, 0.3) is 0 Å². The number of piperidine rings is 1. The molecule has 13 heteroatoms. The Kier molecular flexibility index (Phi) is 12.5. The van der Waals surface area contributed by atoms with Crippen LogP contribution in [0.1, 0.15) is 75.2 Å². The van der Waals surface area contributed by atoms with E-state index in [0.717, 1.165) is 52.4 Å². The maximum Gasteiger partial charge on any atom is 0.410 e. The summed E-state index contributed by atoms with van der Waals surface area (Å²) in [6.07, 6.45) is 1.77. The van der Waals surface area contributed by atoms with Gasteiger partial charge >= 0.3 is 18.0 Å². The van der Waals surface area contributed by atoms with Gasteiger partial charge in [-0.25, -0.2) is 9.78 Å². The molecule has 3 heterocycles. The molecule has 11 nitrogen and oxygen atoms in total. The second-order valence-electron chi connectivity index (χ2n) is 15.4. The number of ether oxygens (including phenoxy) is 3. The standard InChI is InChI=1S/C24H35N3O4S.C13H16N2O2S/c1-23(2,3)30-20(28)15-27-19-12-8-7-11-18(19)25-21(27)32-16-17-10-9-13-26(14-17)22(29)31-24(4,5)6;1-13(2,3)17-11(16)8-15-10-7-5-4-6-9(10)14-12(15)18/h7-8,11-12,17H,9-10,13-16H2,1-6H3;4-7H,8H2,1-3H3,(H,14,18). The van der Waals surface area contributed by atoms with Gasteiger partial charge in [0.05, 0.1) is 22.1 Å². The fourth-order valence-corrected chi connectivity index (χ4v) is 6.88. The number of esters is 2. The van der Waals surface area contributed by atoms with Crippen molar-refractivity contribution in [2.45, 2.75) is 110 Å². The normalized spacial score (nSPS) is 15.4. The van der Waals surface area contributed by atoms with Crippen molar-refractivity contribution in [2.24, 2.45) is 5.92 Å². The molecule has 50 heavy (non-hydrogen) atoms. The number of imidazole rings is 2. The van der Waals surface area contributed by atoms with Gasteiger partial charge in [-0.05, 0) is 118 Å². The summed E-state index contributed by atoms with van der Waals surface area (Å²) in [7, 11) is 0. The average Bonchev–Trinajstić information content (AvgIpc) is 3.50. The summed E-state index contributed by atoms with van der Waals surface area (Å²) in [5, 5.41) is 0.798. The van der Waals surface area contributed by atoms with Gasteiger partial charge in [-0.15, -0.1) is 0 Å². The molecule has 0 spiro atoms. The zero-order chi connectivity index (χ0) is 36.9. The molecule has 1 atom stereocenters. The van der Waals surface area contributed by atoms with Crippen molar-refractivity contribution in [1.82, 2.24) is 24.0 Å². The number of likely N-dealkylation sites (tertiary alicyclic amines) is 1. The van der Waals surface area contributed by atoms with Crippen molar-refractivity contribution in [2.75, 3.05) is 18.8 Å². The third-order valence-corrected chi connectivity index (χ3v) is 8.86. The number of carbonyl (C=O) groups is 3.